The van der Waals surface area contributed by atoms with Crippen molar-refractivity contribution in [1.29, 1.82) is 0 Å². The van der Waals surface area contributed by atoms with E-state index in [0.717, 1.165) is 16.5 Å². The lowest BCUT2D eigenvalue weighted by Crippen LogP contribution is -2.36. The molecule has 1 rings (SSSR count). The monoisotopic (exact) mass is 341 g/mol. The maximum absolute atomic E-state index is 12.2. The van der Waals surface area contributed by atoms with Crippen LogP contribution < -0.4 is 0 Å². The number of likely N-dealkylation sites (N-methyl/N-ethyl adjacent to an activating group) is 1. The minimum atomic E-state index is -0.388. The van der Waals surface area contributed by atoms with E-state index in [1.165, 1.54) is 0 Å². The van der Waals surface area contributed by atoms with E-state index in [1.807, 2.05) is 38.2 Å². The first-order chi connectivity index (χ1) is 9.41. The lowest BCUT2D eigenvalue weighted by Gasteiger charge is -2.22. The van der Waals surface area contributed by atoms with E-state index in [9.17, 15) is 4.79 Å². The molecule has 1 unspecified atom stereocenters. The molecule has 1 amide bonds. The summed E-state index contributed by atoms with van der Waals surface area (Å²) in [6.45, 7) is 7.33. The van der Waals surface area contributed by atoms with Gasteiger partial charge in [-0.1, -0.05) is 48.0 Å². The molecular formula is C16H24BrNO2. The Morgan fingerprint density at radius 3 is 2.55 bits per heavy atom. The maximum atomic E-state index is 12.2. The molecule has 0 aliphatic rings. The number of hydrogen-bond donors (Lipinski definition) is 0. The van der Waals surface area contributed by atoms with Crippen LogP contribution >= 0.6 is 15.9 Å². The number of hydrogen-bond acceptors (Lipinski definition) is 2. The van der Waals surface area contributed by atoms with Crippen molar-refractivity contribution in [3.8, 4) is 0 Å². The van der Waals surface area contributed by atoms with Crippen LogP contribution in [-0.2, 0) is 16.1 Å². The Hall–Kier alpha value is -0.870. The number of amides is 1. The van der Waals surface area contributed by atoms with Gasteiger partial charge in [0.2, 0.25) is 0 Å². The van der Waals surface area contributed by atoms with Gasteiger partial charge in [-0.15, -0.1) is 0 Å². The van der Waals surface area contributed by atoms with E-state index in [-0.39, 0.29) is 12.0 Å². The van der Waals surface area contributed by atoms with E-state index in [1.54, 1.807) is 4.90 Å². The zero-order valence-corrected chi connectivity index (χ0v) is 14.3. The number of nitrogens with zero attached hydrogens (tertiary/aromatic N) is 1. The quantitative estimate of drug-likeness (QED) is 0.753. The van der Waals surface area contributed by atoms with Crippen molar-refractivity contribution < 1.29 is 9.53 Å². The van der Waals surface area contributed by atoms with Crippen LogP contribution in [-0.4, -0.2) is 30.6 Å². The summed E-state index contributed by atoms with van der Waals surface area (Å²) in [6.07, 6.45) is 0.590. The Morgan fingerprint density at radius 1 is 1.30 bits per heavy atom. The molecule has 0 aliphatic carbocycles. The summed E-state index contributed by atoms with van der Waals surface area (Å²) < 4.78 is 6.62. The van der Waals surface area contributed by atoms with Gasteiger partial charge in [-0.05, 0) is 30.9 Å². The van der Waals surface area contributed by atoms with Gasteiger partial charge in [0.1, 0.15) is 6.10 Å². The van der Waals surface area contributed by atoms with Gasteiger partial charge < -0.3 is 9.64 Å². The van der Waals surface area contributed by atoms with Crippen LogP contribution in [0.1, 0.15) is 32.8 Å². The second-order valence-electron chi connectivity index (χ2n) is 5.48. The van der Waals surface area contributed by atoms with Gasteiger partial charge in [0.15, 0.2) is 0 Å². The number of carbonyl (C=O) groups excluding carboxylic acids is 1. The summed E-state index contributed by atoms with van der Waals surface area (Å²) in [5.41, 5.74) is 1.10. The van der Waals surface area contributed by atoms with Crippen LogP contribution in [0.15, 0.2) is 28.7 Å². The van der Waals surface area contributed by atoms with Crippen molar-refractivity contribution in [1.82, 2.24) is 4.90 Å². The molecule has 0 radical (unpaired) electrons. The summed E-state index contributed by atoms with van der Waals surface area (Å²) >= 11 is 3.50. The van der Waals surface area contributed by atoms with Gasteiger partial charge in [-0.3, -0.25) is 4.79 Å². The summed E-state index contributed by atoms with van der Waals surface area (Å²) in [5, 5.41) is 0. The zero-order valence-electron chi connectivity index (χ0n) is 12.7. The largest absolute Gasteiger partial charge is 0.369 e. The molecule has 1 aromatic rings. The van der Waals surface area contributed by atoms with Crippen molar-refractivity contribution in [2.24, 2.45) is 5.92 Å². The lowest BCUT2D eigenvalue weighted by molar-refractivity contribution is -0.142. The minimum absolute atomic E-state index is 0.0181. The molecule has 3 nitrogen and oxygen atoms in total. The normalized spacial score (nSPS) is 12.5. The third kappa shape index (κ3) is 5.63. The topological polar surface area (TPSA) is 29.5 Å². The highest BCUT2D eigenvalue weighted by atomic mass is 79.9. The van der Waals surface area contributed by atoms with E-state index in [2.05, 4.69) is 29.8 Å². The molecule has 1 aromatic carbocycles. The zero-order chi connectivity index (χ0) is 15.1. The van der Waals surface area contributed by atoms with Crippen LogP contribution in [0.3, 0.4) is 0 Å². The van der Waals surface area contributed by atoms with Gasteiger partial charge in [0.25, 0.3) is 5.91 Å². The predicted octanol–water partition coefficient (Wildman–Crippen LogP) is 3.86. The highest BCUT2D eigenvalue weighted by Crippen LogP contribution is 2.17. The molecule has 0 saturated heterocycles. The molecule has 0 bridgehead atoms. The Bertz CT molecular complexity index is 434. The molecule has 0 heterocycles. The van der Waals surface area contributed by atoms with Crippen LogP contribution in [0.5, 0.6) is 0 Å². The van der Waals surface area contributed by atoms with Crippen molar-refractivity contribution in [3.63, 3.8) is 0 Å². The fourth-order valence-corrected chi connectivity index (χ4v) is 2.23. The first-order valence-corrected chi connectivity index (χ1v) is 7.81. The van der Waals surface area contributed by atoms with Crippen LogP contribution in [0.4, 0.5) is 0 Å². The lowest BCUT2D eigenvalue weighted by atomic mass is 10.1. The Labute approximate surface area is 130 Å². The number of rotatable bonds is 7. The van der Waals surface area contributed by atoms with Crippen molar-refractivity contribution >= 4 is 21.8 Å². The molecule has 112 valence electrons. The summed E-state index contributed by atoms with van der Waals surface area (Å²) in [5.74, 6) is 0.611. The van der Waals surface area contributed by atoms with Crippen molar-refractivity contribution in [3.05, 3.63) is 34.3 Å². The SMILES string of the molecule is CC(C)CCOC(C)C(=O)N(C)Cc1ccccc1Br. The highest BCUT2D eigenvalue weighted by Gasteiger charge is 2.18. The molecule has 4 heteroatoms. The van der Waals surface area contributed by atoms with E-state index in [4.69, 9.17) is 4.74 Å². The maximum Gasteiger partial charge on any atom is 0.251 e. The second kappa shape index (κ2) is 8.42. The molecule has 0 fully saturated rings. The molecule has 1 atom stereocenters. The molecule has 0 aromatic heterocycles. The smallest absolute Gasteiger partial charge is 0.251 e. The van der Waals surface area contributed by atoms with Crippen molar-refractivity contribution in [2.75, 3.05) is 13.7 Å². The Morgan fingerprint density at radius 2 is 1.95 bits per heavy atom. The molecule has 0 N–H and O–H groups in total. The number of halogens is 1. The fourth-order valence-electron chi connectivity index (χ4n) is 1.82. The fraction of sp³-hybridized carbons (Fsp3) is 0.562. The molecule has 0 spiro atoms. The van der Waals surface area contributed by atoms with Crippen LogP contribution in [0.2, 0.25) is 0 Å². The Balaban J connectivity index is 2.48. The van der Waals surface area contributed by atoms with Crippen molar-refractivity contribution in [2.45, 2.75) is 39.8 Å². The standard InChI is InChI=1S/C16H24BrNO2/c1-12(2)9-10-20-13(3)16(19)18(4)11-14-7-5-6-8-15(14)17/h5-8,12-13H,9-11H2,1-4H3. The summed E-state index contributed by atoms with van der Waals surface area (Å²) in [4.78, 5) is 13.9. The first kappa shape index (κ1) is 17.2. The van der Waals surface area contributed by atoms with Gasteiger partial charge in [0.05, 0.1) is 0 Å². The van der Waals surface area contributed by atoms with Crippen LogP contribution in [0, 0.1) is 5.92 Å². The summed E-state index contributed by atoms with van der Waals surface area (Å²) in [7, 11) is 1.81. The summed E-state index contributed by atoms with van der Waals surface area (Å²) in [6, 6.07) is 7.93. The number of ether oxygens (including phenoxy) is 1. The molecular weight excluding hydrogens is 318 g/mol. The molecule has 20 heavy (non-hydrogen) atoms. The minimum Gasteiger partial charge on any atom is -0.369 e. The third-order valence-electron chi connectivity index (χ3n) is 3.15. The predicted molar refractivity (Wildman–Crippen MR) is 85.5 cm³/mol. The third-order valence-corrected chi connectivity index (χ3v) is 3.93. The van der Waals surface area contributed by atoms with E-state index >= 15 is 0 Å². The van der Waals surface area contributed by atoms with Gasteiger partial charge in [-0.2, -0.15) is 0 Å². The van der Waals surface area contributed by atoms with Crippen LogP contribution in [0.25, 0.3) is 0 Å². The van der Waals surface area contributed by atoms with Gasteiger partial charge in [0, 0.05) is 24.7 Å². The Kier molecular flexibility index (Phi) is 7.24. The van der Waals surface area contributed by atoms with E-state index < -0.39 is 0 Å². The average Bonchev–Trinajstić information content (AvgIpc) is 2.39. The second-order valence-corrected chi connectivity index (χ2v) is 6.34. The molecule has 0 aliphatic heterocycles. The number of benzene rings is 1. The van der Waals surface area contributed by atoms with Gasteiger partial charge >= 0.3 is 0 Å². The van der Waals surface area contributed by atoms with Gasteiger partial charge in [-0.25, -0.2) is 0 Å². The highest BCUT2D eigenvalue weighted by molar-refractivity contribution is 9.10. The molecule has 0 saturated carbocycles. The average molecular weight is 342 g/mol. The van der Waals surface area contributed by atoms with E-state index in [0.29, 0.717) is 19.1 Å². The first-order valence-electron chi connectivity index (χ1n) is 7.01. The number of carbonyl (C=O) groups is 1.